The highest BCUT2D eigenvalue weighted by Gasteiger charge is 2.38. The number of hydrogen-bond donors (Lipinski definition) is 1. The Kier molecular flexibility index (Phi) is 4.89. The molecule has 1 aromatic carbocycles. The first-order valence-corrected chi connectivity index (χ1v) is 12.9. The summed E-state index contributed by atoms with van der Waals surface area (Å²) < 4.78 is 5.80. The van der Waals surface area contributed by atoms with Gasteiger partial charge in [-0.1, -0.05) is 6.07 Å². The molecule has 3 aromatic rings. The quantitative estimate of drug-likeness (QED) is 0.574. The molecule has 1 unspecified atom stereocenters. The number of carbonyl (C=O) groups is 2. The first-order chi connectivity index (χ1) is 18.0. The number of ether oxygens (including phenoxy) is 1. The summed E-state index contributed by atoms with van der Waals surface area (Å²) >= 11 is 0. The summed E-state index contributed by atoms with van der Waals surface area (Å²) in [6.45, 7) is 3.45. The molecule has 1 N–H and O–H groups in total. The van der Waals surface area contributed by atoms with Crippen molar-refractivity contribution in [2.45, 2.75) is 44.7 Å². The van der Waals surface area contributed by atoms with Crippen molar-refractivity contribution in [2.24, 2.45) is 0 Å². The molecule has 2 aromatic heterocycles. The topological polar surface area (TPSA) is 90.9 Å². The Bertz CT molecular complexity index is 1460. The van der Waals surface area contributed by atoms with Gasteiger partial charge >= 0.3 is 0 Å². The Balaban J connectivity index is 1.20. The SMILES string of the molecule is CC1c2cc(Nc3cnc4c(c3)N3C(=O)CC[C@H]3CO4)ncc2-c2ccc(N3CCCC3=O)cc2N1C. The van der Waals surface area contributed by atoms with Crippen molar-refractivity contribution >= 4 is 40.4 Å². The molecule has 0 bridgehead atoms. The zero-order chi connectivity index (χ0) is 25.3. The molecule has 6 heterocycles. The van der Waals surface area contributed by atoms with Crippen LogP contribution >= 0.6 is 0 Å². The lowest BCUT2D eigenvalue weighted by molar-refractivity contribution is -0.118. The number of nitrogens with one attached hydrogen (secondary N) is 1. The number of fused-ring (bicyclic) bond motifs is 6. The van der Waals surface area contributed by atoms with Crippen molar-refractivity contribution in [1.82, 2.24) is 9.97 Å². The van der Waals surface area contributed by atoms with E-state index in [9.17, 15) is 9.59 Å². The van der Waals surface area contributed by atoms with E-state index in [1.165, 1.54) is 5.56 Å². The first kappa shape index (κ1) is 22.1. The Morgan fingerprint density at radius 1 is 1.00 bits per heavy atom. The number of anilines is 5. The van der Waals surface area contributed by atoms with E-state index >= 15 is 0 Å². The molecule has 0 aliphatic carbocycles. The third-order valence-corrected chi connectivity index (χ3v) is 8.11. The summed E-state index contributed by atoms with van der Waals surface area (Å²) in [5.41, 5.74) is 6.90. The van der Waals surface area contributed by atoms with Gasteiger partial charge in [0.2, 0.25) is 17.7 Å². The van der Waals surface area contributed by atoms with Crippen molar-refractivity contribution < 1.29 is 14.3 Å². The first-order valence-electron chi connectivity index (χ1n) is 12.9. The van der Waals surface area contributed by atoms with Gasteiger partial charge in [0.15, 0.2) is 0 Å². The molecule has 2 atom stereocenters. The van der Waals surface area contributed by atoms with Crippen LogP contribution in [0.5, 0.6) is 5.88 Å². The normalized spacial score (nSPS) is 21.8. The molecule has 0 radical (unpaired) electrons. The van der Waals surface area contributed by atoms with Gasteiger partial charge in [0, 0.05) is 55.1 Å². The molecule has 4 aliphatic rings. The summed E-state index contributed by atoms with van der Waals surface area (Å²) in [4.78, 5) is 39.9. The summed E-state index contributed by atoms with van der Waals surface area (Å²) in [6, 6.07) is 10.5. The van der Waals surface area contributed by atoms with E-state index in [4.69, 9.17) is 9.72 Å². The number of pyridine rings is 2. The minimum atomic E-state index is 0.0829. The van der Waals surface area contributed by atoms with E-state index in [1.807, 2.05) is 28.1 Å². The predicted molar refractivity (Wildman–Crippen MR) is 142 cm³/mol. The van der Waals surface area contributed by atoms with Crippen LogP contribution in [0.15, 0.2) is 42.7 Å². The minimum Gasteiger partial charge on any atom is -0.474 e. The van der Waals surface area contributed by atoms with Crippen molar-refractivity contribution in [1.29, 1.82) is 0 Å². The number of aromatic nitrogens is 2. The van der Waals surface area contributed by atoms with Crippen molar-refractivity contribution in [3.63, 3.8) is 0 Å². The van der Waals surface area contributed by atoms with E-state index in [1.54, 1.807) is 6.20 Å². The number of nitrogens with zero attached hydrogens (tertiary/aromatic N) is 5. The van der Waals surface area contributed by atoms with Crippen LogP contribution in [0.3, 0.4) is 0 Å². The van der Waals surface area contributed by atoms with Gasteiger partial charge in [-0.3, -0.25) is 9.59 Å². The Labute approximate surface area is 215 Å². The average Bonchev–Trinajstić information content (AvgIpc) is 3.52. The highest BCUT2D eigenvalue weighted by molar-refractivity contribution is 5.99. The molecule has 0 saturated carbocycles. The molecule has 7 rings (SSSR count). The number of hydrogen-bond acceptors (Lipinski definition) is 7. The average molecular weight is 497 g/mol. The van der Waals surface area contributed by atoms with Crippen LogP contribution in [0.1, 0.15) is 44.2 Å². The summed E-state index contributed by atoms with van der Waals surface area (Å²) in [7, 11) is 2.09. The predicted octanol–water partition coefficient (Wildman–Crippen LogP) is 4.41. The van der Waals surface area contributed by atoms with Crippen LogP contribution < -0.4 is 24.8 Å². The zero-order valence-electron chi connectivity index (χ0n) is 20.9. The monoisotopic (exact) mass is 496 g/mol. The second-order valence-electron chi connectivity index (χ2n) is 10.2. The smallest absolute Gasteiger partial charge is 0.238 e. The fourth-order valence-corrected chi connectivity index (χ4v) is 6.00. The Morgan fingerprint density at radius 2 is 1.89 bits per heavy atom. The highest BCUT2D eigenvalue weighted by Crippen LogP contribution is 2.46. The van der Waals surface area contributed by atoms with Crippen molar-refractivity contribution in [3.05, 3.63) is 48.3 Å². The van der Waals surface area contributed by atoms with Crippen molar-refractivity contribution in [2.75, 3.05) is 40.2 Å². The van der Waals surface area contributed by atoms with E-state index in [-0.39, 0.29) is 23.9 Å². The maximum Gasteiger partial charge on any atom is 0.238 e. The second kappa shape index (κ2) is 8.19. The number of carbonyl (C=O) groups excluding carboxylic acids is 2. The van der Waals surface area contributed by atoms with Crippen LogP contribution in [0, 0.1) is 0 Å². The minimum absolute atomic E-state index is 0.0829. The molecule has 37 heavy (non-hydrogen) atoms. The lowest BCUT2D eigenvalue weighted by Gasteiger charge is -2.36. The van der Waals surface area contributed by atoms with E-state index < -0.39 is 0 Å². The van der Waals surface area contributed by atoms with Crippen LogP contribution in [0.2, 0.25) is 0 Å². The van der Waals surface area contributed by atoms with Gasteiger partial charge in [0.05, 0.1) is 24.0 Å². The van der Waals surface area contributed by atoms with Crippen LogP contribution in [-0.4, -0.2) is 48.0 Å². The number of rotatable bonds is 3. The van der Waals surface area contributed by atoms with Gasteiger partial charge in [0.25, 0.3) is 0 Å². The maximum absolute atomic E-state index is 12.5. The third kappa shape index (κ3) is 3.44. The van der Waals surface area contributed by atoms with E-state index in [0.717, 1.165) is 53.3 Å². The molecule has 2 amide bonds. The standard InChI is InChI=1S/C28H28N6O3/c1-16-21-12-25(31-17-10-24-28(30-13-17)37-15-19-6-8-27(36)34(19)24)29-14-22(21)20-7-5-18(11-23(20)32(16)2)33-9-3-4-26(33)35/h5,7,10-14,16,19H,3-4,6,8-9,15H2,1-2H3,(H,29,31)/t16?,19-/m0/s1. The number of benzene rings is 1. The van der Waals surface area contributed by atoms with Gasteiger partial charge in [-0.25, -0.2) is 9.97 Å². The van der Waals surface area contributed by atoms with Gasteiger partial charge in [0.1, 0.15) is 18.1 Å². The second-order valence-corrected chi connectivity index (χ2v) is 10.2. The molecule has 2 fully saturated rings. The Hall–Kier alpha value is -4.14. The van der Waals surface area contributed by atoms with Crippen LogP contribution in [-0.2, 0) is 9.59 Å². The molecule has 9 nitrogen and oxygen atoms in total. The van der Waals surface area contributed by atoms with Crippen LogP contribution in [0.4, 0.5) is 28.6 Å². The fourth-order valence-electron chi connectivity index (χ4n) is 6.00. The molecular formula is C28H28N6O3. The zero-order valence-corrected chi connectivity index (χ0v) is 20.9. The third-order valence-electron chi connectivity index (χ3n) is 8.11. The van der Waals surface area contributed by atoms with E-state index in [2.05, 4.69) is 47.4 Å². The molecule has 188 valence electrons. The molecule has 9 heteroatoms. The van der Waals surface area contributed by atoms with Gasteiger partial charge in [-0.05, 0) is 49.6 Å². The largest absolute Gasteiger partial charge is 0.474 e. The lowest BCUT2D eigenvalue weighted by atomic mass is 9.90. The maximum atomic E-state index is 12.5. The number of amides is 2. The lowest BCUT2D eigenvalue weighted by Crippen LogP contribution is -2.40. The van der Waals surface area contributed by atoms with Crippen molar-refractivity contribution in [3.8, 4) is 17.0 Å². The van der Waals surface area contributed by atoms with E-state index in [0.29, 0.717) is 31.1 Å². The Morgan fingerprint density at radius 3 is 2.73 bits per heavy atom. The van der Waals surface area contributed by atoms with Crippen LogP contribution in [0.25, 0.3) is 11.1 Å². The molecule has 0 spiro atoms. The highest BCUT2D eigenvalue weighted by atomic mass is 16.5. The van der Waals surface area contributed by atoms with Gasteiger partial charge < -0.3 is 24.8 Å². The van der Waals surface area contributed by atoms with Gasteiger partial charge in [-0.2, -0.15) is 0 Å². The molecule has 4 aliphatic heterocycles. The molecule has 2 saturated heterocycles. The summed E-state index contributed by atoms with van der Waals surface area (Å²) in [5, 5.41) is 3.38. The fraction of sp³-hybridized carbons (Fsp3) is 0.357. The molecular weight excluding hydrogens is 468 g/mol. The summed E-state index contributed by atoms with van der Waals surface area (Å²) in [6.07, 6.45) is 6.51. The summed E-state index contributed by atoms with van der Waals surface area (Å²) in [5.74, 6) is 1.52. The van der Waals surface area contributed by atoms with Gasteiger partial charge in [-0.15, -0.1) is 0 Å².